The van der Waals surface area contributed by atoms with Gasteiger partial charge in [0, 0.05) is 11.3 Å². The molecule has 0 fully saturated rings. The van der Waals surface area contributed by atoms with E-state index in [0.29, 0.717) is 0 Å². The Kier molecular flexibility index (Phi) is 9.31. The Labute approximate surface area is 229 Å². The number of carbonyl (C=O) groups excluding carboxylic acids is 2. The van der Waals surface area contributed by atoms with Gasteiger partial charge >= 0.3 is 30.0 Å². The number of benzene rings is 2. The summed E-state index contributed by atoms with van der Waals surface area (Å²) in [5.74, 6) is -20.8. The summed E-state index contributed by atoms with van der Waals surface area (Å²) in [4.78, 5) is 24.8. The maximum atomic E-state index is 14.4. The second-order valence-electron chi connectivity index (χ2n) is 8.02. The van der Waals surface area contributed by atoms with Crippen LogP contribution in [0.2, 0.25) is 0 Å². The van der Waals surface area contributed by atoms with Crippen LogP contribution in [0.3, 0.4) is 0 Å². The summed E-state index contributed by atoms with van der Waals surface area (Å²) in [6, 6.07) is 5.73. The van der Waals surface area contributed by atoms with Crippen molar-refractivity contribution in [1.82, 2.24) is 0 Å². The minimum atomic E-state index is -7.06. The summed E-state index contributed by atoms with van der Waals surface area (Å²) in [5, 5.41) is 4.49. The lowest BCUT2D eigenvalue weighted by Gasteiger charge is -2.34. The lowest BCUT2D eigenvalue weighted by molar-refractivity contribution is -0.399. The Morgan fingerprint density at radius 2 is 1.33 bits per heavy atom. The van der Waals surface area contributed by atoms with Crippen LogP contribution in [0.1, 0.15) is 27.0 Å². The molecular formula is C22H16Cl3F9N2O3. The van der Waals surface area contributed by atoms with Crippen LogP contribution in [-0.2, 0) is 10.7 Å². The summed E-state index contributed by atoms with van der Waals surface area (Å²) in [5.41, 5.74) is -3.19. The molecule has 216 valence electrons. The number of alkyl halides is 12. The number of rotatable bonds is 7. The summed E-state index contributed by atoms with van der Waals surface area (Å²) >= 11 is 16.4. The normalized spacial score (nSPS) is 13.2. The highest BCUT2D eigenvalue weighted by atomic mass is 35.6. The molecule has 0 aromatic heterocycles. The number of nitrogens with one attached hydrogen (secondary N) is 2. The van der Waals surface area contributed by atoms with Gasteiger partial charge in [-0.3, -0.25) is 10.1 Å². The Morgan fingerprint density at radius 3 is 1.82 bits per heavy atom. The van der Waals surface area contributed by atoms with Gasteiger partial charge in [-0.2, -0.15) is 39.5 Å². The molecule has 0 heterocycles. The Hall–Kier alpha value is -2.58. The Morgan fingerprint density at radius 1 is 0.821 bits per heavy atom. The molecule has 0 spiro atoms. The molecule has 0 aliphatic carbocycles. The molecule has 2 aromatic carbocycles. The SMILES string of the molecule is Cc1cc(C(F)(F)C(F)(F)C(F)(F)C(F)(F)F)cc(C)c1NC(=O)c1ccccc1NC(=O)OCC(Cl)(Cl)Cl. The lowest BCUT2D eigenvalue weighted by atomic mass is 9.93. The number of para-hydroxylation sites is 1. The van der Waals surface area contributed by atoms with Crippen molar-refractivity contribution in [2.75, 3.05) is 17.2 Å². The van der Waals surface area contributed by atoms with E-state index in [1.165, 1.54) is 24.3 Å². The molecule has 2 rings (SSSR count). The minimum Gasteiger partial charge on any atom is -0.445 e. The van der Waals surface area contributed by atoms with E-state index in [0.717, 1.165) is 13.8 Å². The van der Waals surface area contributed by atoms with E-state index in [2.05, 4.69) is 15.4 Å². The van der Waals surface area contributed by atoms with Gasteiger partial charge in [-0.1, -0.05) is 46.9 Å². The molecule has 17 heteroatoms. The molecule has 0 unspecified atom stereocenters. The van der Waals surface area contributed by atoms with Crippen molar-refractivity contribution >= 4 is 58.2 Å². The maximum Gasteiger partial charge on any atom is 0.460 e. The first-order valence-corrected chi connectivity index (χ1v) is 11.4. The average Bonchev–Trinajstić information content (AvgIpc) is 2.78. The van der Waals surface area contributed by atoms with Crippen molar-refractivity contribution in [2.45, 2.75) is 41.6 Å². The highest BCUT2D eigenvalue weighted by Crippen LogP contribution is 2.56. The second kappa shape index (κ2) is 11.1. The largest absolute Gasteiger partial charge is 0.460 e. The van der Waals surface area contributed by atoms with Crippen molar-refractivity contribution < 1.29 is 53.8 Å². The van der Waals surface area contributed by atoms with Gasteiger partial charge in [0.2, 0.25) is 3.79 Å². The van der Waals surface area contributed by atoms with Gasteiger partial charge < -0.3 is 10.1 Å². The third-order valence-electron chi connectivity index (χ3n) is 5.05. The fourth-order valence-corrected chi connectivity index (χ4v) is 3.33. The fourth-order valence-electron chi connectivity index (χ4n) is 3.16. The molecule has 39 heavy (non-hydrogen) atoms. The van der Waals surface area contributed by atoms with Gasteiger partial charge in [0.25, 0.3) is 5.91 Å². The van der Waals surface area contributed by atoms with Crippen molar-refractivity contribution in [3.63, 3.8) is 0 Å². The van der Waals surface area contributed by atoms with Crippen molar-refractivity contribution in [1.29, 1.82) is 0 Å². The highest BCUT2D eigenvalue weighted by Gasteiger charge is 2.82. The van der Waals surface area contributed by atoms with Gasteiger partial charge in [-0.05, 0) is 49.2 Å². The van der Waals surface area contributed by atoms with Crippen molar-refractivity contribution in [3.8, 4) is 0 Å². The average molecular weight is 634 g/mol. The smallest absolute Gasteiger partial charge is 0.445 e. The monoisotopic (exact) mass is 632 g/mol. The van der Waals surface area contributed by atoms with E-state index in [9.17, 15) is 49.1 Å². The summed E-state index contributed by atoms with van der Waals surface area (Å²) in [6.45, 7) is 1.38. The van der Waals surface area contributed by atoms with E-state index in [4.69, 9.17) is 34.8 Å². The third kappa shape index (κ3) is 6.95. The van der Waals surface area contributed by atoms with Gasteiger partial charge in [0.05, 0.1) is 11.3 Å². The molecule has 2 N–H and O–H groups in total. The number of aryl methyl sites for hydroxylation is 2. The summed E-state index contributed by atoms with van der Waals surface area (Å²) in [7, 11) is 0. The summed E-state index contributed by atoms with van der Waals surface area (Å²) < 4.78 is 123. The van der Waals surface area contributed by atoms with E-state index < -0.39 is 51.9 Å². The zero-order valence-corrected chi connectivity index (χ0v) is 21.7. The summed E-state index contributed by atoms with van der Waals surface area (Å²) in [6.07, 6.45) is -8.09. The molecule has 0 atom stereocenters. The predicted octanol–water partition coefficient (Wildman–Crippen LogP) is 8.40. The van der Waals surface area contributed by atoms with Crippen LogP contribution < -0.4 is 10.6 Å². The zero-order chi connectivity index (χ0) is 30.2. The van der Waals surface area contributed by atoms with E-state index in [-0.39, 0.29) is 40.2 Å². The fraction of sp³-hybridized carbons (Fsp3) is 0.364. The van der Waals surface area contributed by atoms with Crippen LogP contribution >= 0.6 is 34.8 Å². The number of hydrogen-bond acceptors (Lipinski definition) is 3. The lowest BCUT2D eigenvalue weighted by Crippen LogP contribution is -2.59. The quantitative estimate of drug-likeness (QED) is 0.238. The predicted molar refractivity (Wildman–Crippen MR) is 125 cm³/mol. The molecule has 0 bridgehead atoms. The van der Waals surface area contributed by atoms with Crippen LogP contribution in [0.5, 0.6) is 0 Å². The van der Waals surface area contributed by atoms with Crippen LogP contribution in [0.25, 0.3) is 0 Å². The first-order valence-electron chi connectivity index (χ1n) is 10.3. The van der Waals surface area contributed by atoms with Crippen LogP contribution in [0, 0.1) is 13.8 Å². The van der Waals surface area contributed by atoms with Crippen LogP contribution in [-0.4, -0.2) is 40.4 Å². The molecule has 0 saturated carbocycles. The van der Waals surface area contributed by atoms with Gasteiger partial charge in [0.15, 0.2) is 0 Å². The molecule has 5 nitrogen and oxygen atoms in total. The number of carbonyl (C=O) groups is 2. The minimum absolute atomic E-state index is 0.128. The van der Waals surface area contributed by atoms with Crippen molar-refractivity contribution in [2.24, 2.45) is 0 Å². The van der Waals surface area contributed by atoms with Crippen LogP contribution in [0.4, 0.5) is 55.7 Å². The molecular weight excluding hydrogens is 618 g/mol. The van der Waals surface area contributed by atoms with Gasteiger partial charge in [0.1, 0.15) is 6.61 Å². The second-order valence-corrected chi connectivity index (χ2v) is 10.5. The molecule has 0 aliphatic rings. The molecule has 0 aliphatic heterocycles. The molecule has 0 saturated heterocycles. The molecule has 0 radical (unpaired) electrons. The Bertz CT molecular complexity index is 1230. The number of hydrogen-bond donors (Lipinski definition) is 2. The number of halogens is 12. The van der Waals surface area contributed by atoms with E-state index in [1.54, 1.807) is 0 Å². The highest BCUT2D eigenvalue weighted by molar-refractivity contribution is 6.67. The number of amides is 2. The molecule has 2 aromatic rings. The third-order valence-corrected chi connectivity index (χ3v) is 5.38. The first kappa shape index (κ1) is 32.6. The van der Waals surface area contributed by atoms with E-state index in [1.807, 2.05) is 0 Å². The molecule has 2 amide bonds. The number of ether oxygens (including phenoxy) is 1. The van der Waals surface area contributed by atoms with E-state index >= 15 is 0 Å². The zero-order valence-electron chi connectivity index (χ0n) is 19.4. The first-order chi connectivity index (χ1) is 17.5. The van der Waals surface area contributed by atoms with Crippen LogP contribution in [0.15, 0.2) is 36.4 Å². The maximum absolute atomic E-state index is 14.4. The number of anilines is 2. The topological polar surface area (TPSA) is 67.4 Å². The Balaban J connectivity index is 2.37. The van der Waals surface area contributed by atoms with Crippen molar-refractivity contribution in [3.05, 3.63) is 58.7 Å². The standard InChI is InChI=1S/C22H16Cl3F9N2O3/c1-10-7-12(19(26,27)20(28,29)21(30,31)22(32,33)34)8-11(2)15(10)36-16(37)13-5-3-4-6-14(13)35-17(38)39-9-18(23,24)25/h3-8H,9H2,1-2H3,(H,35,38)(H,36,37). The van der Waals surface area contributed by atoms with Gasteiger partial charge in [-0.15, -0.1) is 0 Å². The van der Waals surface area contributed by atoms with Gasteiger partial charge in [-0.25, -0.2) is 4.79 Å².